The SMILES string of the molecule is O=C(N[C@H]1C(=O)NC[C@@H]1O)C1CC(c2cc(-c3ccccc3)[nH]c2-c2ccc(F)cc2)C1. The van der Waals surface area contributed by atoms with Gasteiger partial charge in [-0.05, 0) is 65.8 Å². The summed E-state index contributed by atoms with van der Waals surface area (Å²) in [6, 6.07) is 17.6. The van der Waals surface area contributed by atoms with Gasteiger partial charge in [0.15, 0.2) is 0 Å². The number of hydrogen-bond donors (Lipinski definition) is 4. The predicted molar refractivity (Wildman–Crippen MR) is 118 cm³/mol. The zero-order valence-electron chi connectivity index (χ0n) is 17.3. The van der Waals surface area contributed by atoms with Crippen molar-refractivity contribution in [3.8, 4) is 22.5 Å². The van der Waals surface area contributed by atoms with Crippen molar-refractivity contribution in [2.45, 2.75) is 30.9 Å². The van der Waals surface area contributed by atoms with Crippen molar-refractivity contribution in [3.63, 3.8) is 0 Å². The summed E-state index contributed by atoms with van der Waals surface area (Å²) in [5.41, 5.74) is 4.94. The van der Waals surface area contributed by atoms with Gasteiger partial charge in [-0.1, -0.05) is 30.3 Å². The molecule has 4 N–H and O–H groups in total. The van der Waals surface area contributed by atoms with Crippen LogP contribution in [0.1, 0.15) is 24.3 Å². The number of aromatic nitrogens is 1. The molecule has 2 aliphatic rings. The number of H-pyrrole nitrogens is 1. The molecule has 2 heterocycles. The molecule has 7 heteroatoms. The van der Waals surface area contributed by atoms with E-state index in [4.69, 9.17) is 0 Å². The van der Waals surface area contributed by atoms with E-state index in [1.165, 1.54) is 12.1 Å². The van der Waals surface area contributed by atoms with Crippen molar-refractivity contribution in [2.75, 3.05) is 6.54 Å². The van der Waals surface area contributed by atoms with Crippen LogP contribution in [-0.4, -0.2) is 40.6 Å². The predicted octanol–water partition coefficient (Wildman–Crippen LogP) is 2.96. The summed E-state index contributed by atoms with van der Waals surface area (Å²) < 4.78 is 13.5. The van der Waals surface area contributed by atoms with Gasteiger partial charge in [0.2, 0.25) is 11.8 Å². The van der Waals surface area contributed by atoms with Crippen molar-refractivity contribution >= 4 is 11.8 Å². The van der Waals surface area contributed by atoms with Crippen LogP contribution >= 0.6 is 0 Å². The molecule has 0 bridgehead atoms. The number of rotatable bonds is 5. The van der Waals surface area contributed by atoms with Gasteiger partial charge in [-0.15, -0.1) is 0 Å². The summed E-state index contributed by atoms with van der Waals surface area (Å²) in [6.07, 6.45) is 0.401. The Morgan fingerprint density at radius 3 is 2.41 bits per heavy atom. The van der Waals surface area contributed by atoms with Crippen LogP contribution in [0.3, 0.4) is 0 Å². The molecule has 0 spiro atoms. The van der Waals surface area contributed by atoms with Crippen LogP contribution in [0.2, 0.25) is 0 Å². The number of aliphatic hydroxyl groups excluding tert-OH is 1. The topological polar surface area (TPSA) is 94.2 Å². The van der Waals surface area contributed by atoms with Crippen LogP contribution in [0.5, 0.6) is 0 Å². The average molecular weight is 433 g/mol. The second-order valence-electron chi connectivity index (χ2n) is 8.55. The van der Waals surface area contributed by atoms with E-state index in [0.29, 0.717) is 12.8 Å². The van der Waals surface area contributed by atoms with Gasteiger partial charge in [0.05, 0.1) is 0 Å². The highest BCUT2D eigenvalue weighted by Crippen LogP contribution is 2.46. The summed E-state index contributed by atoms with van der Waals surface area (Å²) in [4.78, 5) is 27.9. The first kappa shape index (κ1) is 20.5. The Morgan fingerprint density at radius 1 is 1.03 bits per heavy atom. The standard InChI is InChI=1S/C25H24FN3O3/c26-18-8-6-15(7-9-18)22-19(12-20(28-22)14-4-2-1-3-5-14)16-10-17(11-16)24(31)29-23-21(30)13-27-25(23)32/h1-9,12,16-17,21,23,28,30H,10-11,13H2,(H,27,32)(H,29,31)/t16?,17?,21-,23+/m0/s1. The van der Waals surface area contributed by atoms with Crippen LogP contribution in [0.15, 0.2) is 60.7 Å². The Hall–Kier alpha value is -3.45. The molecule has 2 fully saturated rings. The summed E-state index contributed by atoms with van der Waals surface area (Å²) >= 11 is 0. The average Bonchev–Trinajstić information content (AvgIpc) is 3.33. The number of aromatic amines is 1. The van der Waals surface area contributed by atoms with E-state index >= 15 is 0 Å². The van der Waals surface area contributed by atoms with E-state index in [-0.39, 0.29) is 36.0 Å². The van der Waals surface area contributed by atoms with Crippen LogP contribution in [0, 0.1) is 11.7 Å². The summed E-state index contributed by atoms with van der Waals surface area (Å²) in [5.74, 6) is -0.884. The number of hydrogen-bond acceptors (Lipinski definition) is 3. The summed E-state index contributed by atoms with van der Waals surface area (Å²) in [7, 11) is 0. The number of β-amino-alcohol motifs (C(OH)–C–C–N with tert-alkyl or cyclic N) is 1. The second-order valence-corrected chi connectivity index (χ2v) is 8.55. The number of carbonyl (C=O) groups excluding carboxylic acids is 2. The van der Waals surface area contributed by atoms with E-state index in [2.05, 4.69) is 21.7 Å². The minimum absolute atomic E-state index is 0.156. The molecular formula is C25H24FN3O3. The Kier molecular flexibility index (Phi) is 5.27. The fourth-order valence-corrected chi connectivity index (χ4v) is 4.55. The van der Waals surface area contributed by atoms with Crippen molar-refractivity contribution in [3.05, 3.63) is 72.0 Å². The zero-order valence-corrected chi connectivity index (χ0v) is 17.3. The van der Waals surface area contributed by atoms with Crippen LogP contribution in [-0.2, 0) is 9.59 Å². The molecule has 1 aliphatic heterocycles. The van der Waals surface area contributed by atoms with E-state index < -0.39 is 12.1 Å². The van der Waals surface area contributed by atoms with Gasteiger partial charge in [-0.2, -0.15) is 0 Å². The van der Waals surface area contributed by atoms with Gasteiger partial charge in [-0.25, -0.2) is 4.39 Å². The molecular weight excluding hydrogens is 409 g/mol. The third-order valence-corrected chi connectivity index (χ3v) is 6.46. The molecule has 1 aliphatic carbocycles. The third-order valence-electron chi connectivity index (χ3n) is 6.46. The lowest BCUT2D eigenvalue weighted by Gasteiger charge is -2.35. The van der Waals surface area contributed by atoms with Gasteiger partial charge in [-0.3, -0.25) is 9.59 Å². The molecule has 2 amide bonds. The van der Waals surface area contributed by atoms with Crippen molar-refractivity contribution in [1.29, 1.82) is 0 Å². The molecule has 3 aromatic rings. The Bertz CT molecular complexity index is 1140. The maximum Gasteiger partial charge on any atom is 0.245 e. The lowest BCUT2D eigenvalue weighted by Crippen LogP contribution is -2.49. The van der Waals surface area contributed by atoms with E-state index in [0.717, 1.165) is 28.1 Å². The molecule has 0 radical (unpaired) electrons. The number of nitrogens with one attached hydrogen (secondary N) is 3. The molecule has 164 valence electrons. The normalized spacial score (nSPS) is 24.6. The lowest BCUT2D eigenvalue weighted by atomic mass is 9.70. The van der Waals surface area contributed by atoms with Crippen LogP contribution in [0.4, 0.5) is 4.39 Å². The van der Waals surface area contributed by atoms with Gasteiger partial charge in [0, 0.05) is 23.9 Å². The number of amides is 2. The van der Waals surface area contributed by atoms with E-state index in [1.54, 1.807) is 12.1 Å². The Labute approximate surface area is 184 Å². The molecule has 6 nitrogen and oxygen atoms in total. The number of carbonyl (C=O) groups is 2. The fraction of sp³-hybridized carbons (Fsp3) is 0.280. The number of halogens is 1. The van der Waals surface area contributed by atoms with Gasteiger partial charge in [0.1, 0.15) is 18.0 Å². The van der Waals surface area contributed by atoms with Crippen molar-refractivity contribution < 1.29 is 19.1 Å². The monoisotopic (exact) mass is 433 g/mol. The molecule has 2 aromatic carbocycles. The minimum Gasteiger partial charge on any atom is -0.389 e. The van der Waals surface area contributed by atoms with Crippen molar-refractivity contribution in [1.82, 2.24) is 15.6 Å². The summed E-state index contributed by atoms with van der Waals surface area (Å²) in [6.45, 7) is 0.156. The zero-order chi connectivity index (χ0) is 22.2. The van der Waals surface area contributed by atoms with E-state index in [1.807, 2.05) is 30.3 Å². The Balaban J connectivity index is 1.36. The molecule has 0 unspecified atom stereocenters. The fourth-order valence-electron chi connectivity index (χ4n) is 4.55. The Morgan fingerprint density at radius 2 is 1.75 bits per heavy atom. The summed E-state index contributed by atoms with van der Waals surface area (Å²) in [5, 5.41) is 15.1. The molecule has 5 rings (SSSR count). The first-order valence-corrected chi connectivity index (χ1v) is 10.8. The largest absolute Gasteiger partial charge is 0.389 e. The van der Waals surface area contributed by atoms with Crippen LogP contribution in [0.25, 0.3) is 22.5 Å². The number of aliphatic hydroxyl groups is 1. The van der Waals surface area contributed by atoms with Crippen LogP contribution < -0.4 is 10.6 Å². The van der Waals surface area contributed by atoms with Gasteiger partial charge >= 0.3 is 0 Å². The quantitative estimate of drug-likeness (QED) is 0.498. The minimum atomic E-state index is -0.898. The van der Waals surface area contributed by atoms with E-state index in [9.17, 15) is 19.1 Å². The van der Waals surface area contributed by atoms with Gasteiger partial charge < -0.3 is 20.7 Å². The molecule has 1 saturated carbocycles. The third kappa shape index (κ3) is 3.80. The maximum atomic E-state index is 13.5. The highest BCUT2D eigenvalue weighted by atomic mass is 19.1. The molecule has 1 aromatic heterocycles. The highest BCUT2D eigenvalue weighted by Gasteiger charge is 2.41. The van der Waals surface area contributed by atoms with Crippen molar-refractivity contribution in [2.24, 2.45) is 5.92 Å². The van der Waals surface area contributed by atoms with Gasteiger partial charge in [0.25, 0.3) is 0 Å². The lowest BCUT2D eigenvalue weighted by molar-refractivity contribution is -0.133. The highest BCUT2D eigenvalue weighted by molar-refractivity contribution is 5.91. The second kappa shape index (κ2) is 8.24. The maximum absolute atomic E-state index is 13.5. The first-order chi connectivity index (χ1) is 15.5. The first-order valence-electron chi connectivity index (χ1n) is 10.8. The smallest absolute Gasteiger partial charge is 0.245 e. The molecule has 2 atom stereocenters. The number of benzene rings is 2. The molecule has 1 saturated heterocycles. The molecule has 32 heavy (non-hydrogen) atoms.